The van der Waals surface area contributed by atoms with Crippen LogP contribution in [0.5, 0.6) is 11.5 Å². The Bertz CT molecular complexity index is 1200. The van der Waals surface area contributed by atoms with E-state index in [2.05, 4.69) is 15.4 Å². The summed E-state index contributed by atoms with van der Waals surface area (Å²) in [6.45, 7) is 0. The molecule has 160 valence electrons. The Morgan fingerprint density at radius 3 is 2.19 bits per heavy atom. The van der Waals surface area contributed by atoms with Gasteiger partial charge in [-0.3, -0.25) is 14.8 Å². The van der Waals surface area contributed by atoms with Gasteiger partial charge in [0.05, 0.1) is 16.9 Å². The molecule has 0 bridgehead atoms. The molecule has 0 heterocycles. The van der Waals surface area contributed by atoms with Crippen LogP contribution in [0.25, 0.3) is 0 Å². The van der Waals surface area contributed by atoms with Gasteiger partial charge in [-0.2, -0.15) is 0 Å². The average molecular weight is 459 g/mol. The number of hydrogen-bond donors (Lipinski definition) is 3. The summed E-state index contributed by atoms with van der Waals surface area (Å²) in [6, 6.07) is 19.5. The molecule has 0 spiro atoms. The SMILES string of the molecule is CS(=O)(=O)Nc1ccc(NC(=S)Nc2ccc([N+](=O)[O-])cc2)cc1Oc1ccccc1. The molecule has 3 aromatic rings. The Hall–Kier alpha value is -3.70. The molecule has 0 atom stereocenters. The number of benzene rings is 3. The average Bonchev–Trinajstić information content (AvgIpc) is 2.70. The predicted octanol–water partition coefficient (Wildman–Crippen LogP) is 4.57. The number of ether oxygens (including phenoxy) is 1. The van der Waals surface area contributed by atoms with E-state index in [1.165, 1.54) is 24.3 Å². The molecule has 9 nitrogen and oxygen atoms in total. The first-order chi connectivity index (χ1) is 14.7. The highest BCUT2D eigenvalue weighted by Crippen LogP contribution is 2.33. The van der Waals surface area contributed by atoms with Crippen molar-refractivity contribution < 1.29 is 18.1 Å². The van der Waals surface area contributed by atoms with Gasteiger partial charge in [0, 0.05) is 29.6 Å². The Labute approximate surface area is 184 Å². The Morgan fingerprint density at radius 2 is 1.58 bits per heavy atom. The maximum Gasteiger partial charge on any atom is 0.269 e. The number of non-ortho nitro benzene ring substituents is 1. The van der Waals surface area contributed by atoms with Gasteiger partial charge in [-0.25, -0.2) is 8.42 Å². The minimum absolute atomic E-state index is 0.0268. The van der Waals surface area contributed by atoms with Crippen molar-refractivity contribution in [1.29, 1.82) is 0 Å². The number of nitrogens with zero attached hydrogens (tertiary/aromatic N) is 1. The first kappa shape index (κ1) is 22.0. The van der Waals surface area contributed by atoms with E-state index in [0.29, 0.717) is 17.1 Å². The fraction of sp³-hybridized carbons (Fsp3) is 0.0500. The monoisotopic (exact) mass is 458 g/mol. The maximum absolute atomic E-state index is 11.7. The first-order valence-electron chi connectivity index (χ1n) is 8.87. The molecule has 3 aromatic carbocycles. The fourth-order valence-electron chi connectivity index (χ4n) is 2.54. The van der Waals surface area contributed by atoms with Crippen molar-refractivity contribution in [3.8, 4) is 11.5 Å². The van der Waals surface area contributed by atoms with Crippen molar-refractivity contribution in [2.75, 3.05) is 21.6 Å². The van der Waals surface area contributed by atoms with Crippen LogP contribution in [0.2, 0.25) is 0 Å². The number of nitro benzene ring substituents is 1. The summed E-state index contributed by atoms with van der Waals surface area (Å²) >= 11 is 5.29. The maximum atomic E-state index is 11.7. The van der Waals surface area contributed by atoms with Crippen LogP contribution < -0.4 is 20.1 Å². The van der Waals surface area contributed by atoms with E-state index >= 15 is 0 Å². The smallest absolute Gasteiger partial charge is 0.269 e. The molecule has 31 heavy (non-hydrogen) atoms. The van der Waals surface area contributed by atoms with Crippen LogP contribution in [0.4, 0.5) is 22.7 Å². The second-order valence-corrected chi connectivity index (χ2v) is 8.54. The van der Waals surface area contributed by atoms with Gasteiger partial charge in [0.15, 0.2) is 10.9 Å². The van der Waals surface area contributed by atoms with E-state index in [0.717, 1.165) is 6.26 Å². The van der Waals surface area contributed by atoms with Gasteiger partial charge >= 0.3 is 0 Å². The Kier molecular flexibility index (Phi) is 6.68. The molecule has 0 aliphatic heterocycles. The lowest BCUT2D eigenvalue weighted by molar-refractivity contribution is -0.384. The van der Waals surface area contributed by atoms with Crippen LogP contribution in [0, 0.1) is 10.1 Å². The molecule has 3 N–H and O–H groups in total. The topological polar surface area (TPSA) is 123 Å². The standard InChI is InChI=1S/C20H18N4O5S2/c1-31(27,28)23-18-12-9-15(13-19(18)29-17-5-3-2-4-6-17)22-20(30)21-14-7-10-16(11-8-14)24(25)26/h2-13,23H,1H3,(H2,21,22,30). The summed E-state index contributed by atoms with van der Waals surface area (Å²) in [4.78, 5) is 10.3. The summed E-state index contributed by atoms with van der Waals surface area (Å²) in [5, 5.41) is 16.9. The highest BCUT2D eigenvalue weighted by atomic mass is 32.2. The van der Waals surface area contributed by atoms with E-state index in [9.17, 15) is 18.5 Å². The molecule has 0 fully saturated rings. The van der Waals surface area contributed by atoms with Gasteiger partial charge in [-0.1, -0.05) is 18.2 Å². The number of para-hydroxylation sites is 1. The normalized spacial score (nSPS) is 10.7. The molecule has 3 rings (SSSR count). The van der Waals surface area contributed by atoms with E-state index in [4.69, 9.17) is 17.0 Å². The van der Waals surface area contributed by atoms with Crippen LogP contribution in [0.15, 0.2) is 72.8 Å². The number of nitrogens with one attached hydrogen (secondary N) is 3. The predicted molar refractivity (Wildman–Crippen MR) is 124 cm³/mol. The van der Waals surface area contributed by atoms with E-state index < -0.39 is 14.9 Å². The summed E-state index contributed by atoms with van der Waals surface area (Å²) in [7, 11) is -3.51. The molecule has 0 radical (unpaired) electrons. The van der Waals surface area contributed by atoms with Crippen molar-refractivity contribution in [2.24, 2.45) is 0 Å². The van der Waals surface area contributed by atoms with Crippen molar-refractivity contribution in [1.82, 2.24) is 0 Å². The fourth-order valence-corrected chi connectivity index (χ4v) is 3.35. The van der Waals surface area contributed by atoms with Crippen LogP contribution >= 0.6 is 12.2 Å². The third-order valence-electron chi connectivity index (χ3n) is 3.84. The summed E-state index contributed by atoms with van der Waals surface area (Å²) < 4.78 is 31.6. The molecule has 0 saturated heterocycles. The van der Waals surface area contributed by atoms with Gasteiger partial charge < -0.3 is 15.4 Å². The van der Waals surface area contributed by atoms with Gasteiger partial charge in [-0.05, 0) is 48.6 Å². The lowest BCUT2D eigenvalue weighted by Gasteiger charge is -2.15. The molecule has 0 aliphatic carbocycles. The zero-order valence-electron chi connectivity index (χ0n) is 16.2. The number of thiocarbonyl (C=S) groups is 1. The minimum Gasteiger partial charge on any atom is -0.455 e. The molecular formula is C20H18N4O5S2. The second kappa shape index (κ2) is 9.41. The molecule has 11 heteroatoms. The molecule has 0 aromatic heterocycles. The summed E-state index contributed by atoms with van der Waals surface area (Å²) in [5.41, 5.74) is 1.36. The number of hydrogen-bond acceptors (Lipinski definition) is 6. The lowest BCUT2D eigenvalue weighted by Crippen LogP contribution is -2.19. The quantitative estimate of drug-likeness (QED) is 0.267. The first-order valence-corrected chi connectivity index (χ1v) is 11.2. The van der Waals surface area contributed by atoms with Gasteiger partial charge in [0.2, 0.25) is 10.0 Å². The lowest BCUT2D eigenvalue weighted by atomic mass is 10.2. The number of sulfonamides is 1. The summed E-state index contributed by atoms with van der Waals surface area (Å²) in [5.74, 6) is 0.808. The van der Waals surface area contributed by atoms with Crippen molar-refractivity contribution >= 4 is 50.1 Å². The summed E-state index contributed by atoms with van der Waals surface area (Å²) in [6.07, 6.45) is 1.05. The largest absolute Gasteiger partial charge is 0.455 e. The molecule has 0 aliphatic rings. The highest BCUT2D eigenvalue weighted by molar-refractivity contribution is 7.92. The molecule has 0 amide bonds. The van der Waals surface area contributed by atoms with E-state index in [1.54, 1.807) is 42.5 Å². The van der Waals surface area contributed by atoms with Crippen LogP contribution in [0.1, 0.15) is 0 Å². The van der Waals surface area contributed by atoms with Crippen molar-refractivity contribution in [3.05, 3.63) is 82.9 Å². The highest BCUT2D eigenvalue weighted by Gasteiger charge is 2.12. The zero-order chi connectivity index (χ0) is 22.4. The Balaban J connectivity index is 1.78. The van der Waals surface area contributed by atoms with Crippen molar-refractivity contribution in [3.63, 3.8) is 0 Å². The van der Waals surface area contributed by atoms with Crippen LogP contribution in [-0.2, 0) is 10.0 Å². The van der Waals surface area contributed by atoms with Gasteiger partial charge in [0.25, 0.3) is 5.69 Å². The van der Waals surface area contributed by atoms with E-state index in [1.807, 2.05) is 6.07 Å². The van der Waals surface area contributed by atoms with Gasteiger partial charge in [-0.15, -0.1) is 0 Å². The number of anilines is 3. The third-order valence-corrected chi connectivity index (χ3v) is 4.64. The van der Waals surface area contributed by atoms with Gasteiger partial charge in [0.1, 0.15) is 5.75 Å². The molecule has 0 saturated carbocycles. The third kappa shape index (κ3) is 6.66. The van der Waals surface area contributed by atoms with Crippen LogP contribution in [-0.4, -0.2) is 24.7 Å². The zero-order valence-corrected chi connectivity index (χ0v) is 17.9. The Morgan fingerprint density at radius 1 is 0.968 bits per heavy atom. The minimum atomic E-state index is -3.51. The van der Waals surface area contributed by atoms with Crippen LogP contribution in [0.3, 0.4) is 0 Å². The molecule has 0 unspecified atom stereocenters. The second-order valence-electron chi connectivity index (χ2n) is 6.38. The molecular weight excluding hydrogens is 440 g/mol. The van der Waals surface area contributed by atoms with E-state index in [-0.39, 0.29) is 22.2 Å². The number of nitro groups is 1. The van der Waals surface area contributed by atoms with Crippen molar-refractivity contribution in [2.45, 2.75) is 0 Å². The number of rotatable bonds is 7.